The topological polar surface area (TPSA) is 55.8 Å². The number of carbonyl (C=O) groups is 2. The van der Waals surface area contributed by atoms with Crippen LogP contribution in [0.15, 0.2) is 36.5 Å². The van der Waals surface area contributed by atoms with Crippen molar-refractivity contribution in [2.75, 3.05) is 27.2 Å². The van der Waals surface area contributed by atoms with Crippen LogP contribution in [-0.2, 0) is 19.1 Å². The summed E-state index contributed by atoms with van der Waals surface area (Å²) in [5, 5.41) is 0. The van der Waals surface area contributed by atoms with Crippen LogP contribution in [0.1, 0.15) is 129 Å². The van der Waals surface area contributed by atoms with Gasteiger partial charge in [-0.15, -0.1) is 0 Å². The summed E-state index contributed by atoms with van der Waals surface area (Å²) in [5.41, 5.74) is 0. The molecule has 3 unspecified atom stereocenters. The van der Waals surface area contributed by atoms with E-state index in [2.05, 4.69) is 50.3 Å². The molecule has 0 aromatic rings. The zero-order chi connectivity index (χ0) is 29.3. The maximum atomic E-state index is 12.6. The summed E-state index contributed by atoms with van der Waals surface area (Å²) >= 11 is 0. The standard InChI is InChI=1S/C35H61NO4/c1-5-7-9-10-11-12-13-14-15-16-17-18-19-20-21-23-29-39-35(38)30-31-25-26-33(32(31)24-22-8-6-2)40-34(37)27-28-36(3)4/h8,11-12,14-15,22,31-33H,5-7,9-10,13,16-21,23-30H2,1-4H3/b12-11-,15-14-,22-8-. The van der Waals surface area contributed by atoms with Crippen molar-refractivity contribution in [3.8, 4) is 0 Å². The van der Waals surface area contributed by atoms with E-state index in [4.69, 9.17) is 9.47 Å². The first-order chi connectivity index (χ1) is 19.5. The first-order valence-corrected chi connectivity index (χ1v) is 16.4. The average Bonchev–Trinajstić information content (AvgIpc) is 3.29. The van der Waals surface area contributed by atoms with Crippen molar-refractivity contribution in [3.05, 3.63) is 36.5 Å². The van der Waals surface area contributed by atoms with Crippen molar-refractivity contribution in [1.82, 2.24) is 4.90 Å². The normalized spacial score (nSPS) is 19.5. The molecule has 5 heteroatoms. The third-order valence-corrected chi connectivity index (χ3v) is 7.80. The van der Waals surface area contributed by atoms with E-state index in [1.165, 1.54) is 57.8 Å². The van der Waals surface area contributed by atoms with Gasteiger partial charge >= 0.3 is 11.9 Å². The van der Waals surface area contributed by atoms with Crippen LogP contribution in [0.5, 0.6) is 0 Å². The third-order valence-electron chi connectivity index (χ3n) is 7.80. The van der Waals surface area contributed by atoms with Gasteiger partial charge in [0.05, 0.1) is 13.0 Å². The van der Waals surface area contributed by atoms with Gasteiger partial charge in [-0.1, -0.05) is 88.8 Å². The Bertz CT molecular complexity index is 727. The Balaban J connectivity index is 2.16. The second-order valence-electron chi connectivity index (χ2n) is 11.7. The Morgan fingerprint density at radius 2 is 1.45 bits per heavy atom. The summed E-state index contributed by atoms with van der Waals surface area (Å²) in [6.07, 6.45) is 32.3. The number of ether oxygens (including phenoxy) is 2. The minimum Gasteiger partial charge on any atom is -0.466 e. The molecule has 0 radical (unpaired) electrons. The van der Waals surface area contributed by atoms with Crippen LogP contribution < -0.4 is 0 Å². The molecular formula is C35H61NO4. The zero-order valence-electron chi connectivity index (χ0n) is 26.4. The van der Waals surface area contributed by atoms with Crippen molar-refractivity contribution in [1.29, 1.82) is 0 Å². The van der Waals surface area contributed by atoms with Crippen molar-refractivity contribution < 1.29 is 19.1 Å². The van der Waals surface area contributed by atoms with E-state index in [0.29, 0.717) is 26.0 Å². The quantitative estimate of drug-likeness (QED) is 0.0671. The molecule has 1 saturated carbocycles. The first kappa shape index (κ1) is 36.1. The fraction of sp³-hybridized carbons (Fsp3) is 0.771. The third kappa shape index (κ3) is 19.2. The minimum absolute atomic E-state index is 0.0957. The smallest absolute Gasteiger partial charge is 0.307 e. The number of unbranched alkanes of at least 4 members (excludes halogenated alkanes) is 9. The number of nitrogens with zero attached hydrogens (tertiary/aromatic N) is 1. The maximum absolute atomic E-state index is 12.6. The highest BCUT2D eigenvalue weighted by Gasteiger charge is 2.38. The molecule has 1 aliphatic carbocycles. The summed E-state index contributed by atoms with van der Waals surface area (Å²) in [6, 6.07) is 0. The number of hydrogen-bond acceptors (Lipinski definition) is 5. The lowest BCUT2D eigenvalue weighted by Gasteiger charge is -2.24. The molecule has 5 nitrogen and oxygen atoms in total. The molecule has 0 N–H and O–H groups in total. The largest absolute Gasteiger partial charge is 0.466 e. The predicted octanol–water partition coefficient (Wildman–Crippen LogP) is 8.98. The Morgan fingerprint density at radius 3 is 2.12 bits per heavy atom. The van der Waals surface area contributed by atoms with E-state index >= 15 is 0 Å². The highest BCUT2D eigenvalue weighted by Crippen LogP contribution is 2.39. The minimum atomic E-state index is -0.135. The highest BCUT2D eigenvalue weighted by atomic mass is 16.5. The second kappa shape index (κ2) is 24.9. The SMILES string of the molecule is CC/C=C\CC1C(CC(=O)OCCCCCCCC/C=C\C/C=C\CCCCC)CCC1OC(=O)CCN(C)C. The lowest BCUT2D eigenvalue weighted by molar-refractivity contribution is -0.151. The van der Waals surface area contributed by atoms with E-state index in [-0.39, 0.29) is 29.9 Å². The maximum Gasteiger partial charge on any atom is 0.307 e. The van der Waals surface area contributed by atoms with Gasteiger partial charge in [-0.3, -0.25) is 9.59 Å². The van der Waals surface area contributed by atoms with Gasteiger partial charge in [-0.25, -0.2) is 0 Å². The number of hydrogen-bond donors (Lipinski definition) is 0. The molecule has 0 aromatic heterocycles. The van der Waals surface area contributed by atoms with Crippen LogP contribution in [0.4, 0.5) is 0 Å². The molecule has 1 aliphatic rings. The Kier molecular flexibility index (Phi) is 22.5. The van der Waals surface area contributed by atoms with Crippen molar-refractivity contribution in [2.45, 2.75) is 136 Å². The van der Waals surface area contributed by atoms with E-state index < -0.39 is 0 Å². The van der Waals surface area contributed by atoms with Crippen molar-refractivity contribution in [3.63, 3.8) is 0 Å². The Labute approximate surface area is 246 Å². The van der Waals surface area contributed by atoms with Gasteiger partial charge in [0.25, 0.3) is 0 Å². The highest BCUT2D eigenvalue weighted by molar-refractivity contribution is 5.70. The fourth-order valence-electron chi connectivity index (χ4n) is 5.37. The average molecular weight is 560 g/mol. The Morgan fingerprint density at radius 1 is 0.775 bits per heavy atom. The van der Waals surface area contributed by atoms with Gasteiger partial charge in [-0.2, -0.15) is 0 Å². The zero-order valence-corrected chi connectivity index (χ0v) is 26.4. The van der Waals surface area contributed by atoms with Crippen LogP contribution in [0.2, 0.25) is 0 Å². The summed E-state index contributed by atoms with van der Waals surface area (Å²) in [5.74, 6) is 0.178. The van der Waals surface area contributed by atoms with Crippen LogP contribution in [0.25, 0.3) is 0 Å². The molecule has 3 atom stereocenters. The van der Waals surface area contributed by atoms with E-state index in [1.54, 1.807) is 0 Å². The van der Waals surface area contributed by atoms with E-state index in [1.807, 2.05) is 19.0 Å². The lowest BCUT2D eigenvalue weighted by atomic mass is 9.88. The fourth-order valence-corrected chi connectivity index (χ4v) is 5.37. The van der Waals surface area contributed by atoms with Crippen LogP contribution >= 0.6 is 0 Å². The molecule has 0 bridgehead atoms. The lowest BCUT2D eigenvalue weighted by Crippen LogP contribution is -2.28. The Hall–Kier alpha value is -1.88. The van der Waals surface area contributed by atoms with Crippen LogP contribution in [0, 0.1) is 11.8 Å². The first-order valence-electron chi connectivity index (χ1n) is 16.4. The number of esters is 2. The molecule has 230 valence electrons. The summed E-state index contributed by atoms with van der Waals surface area (Å²) in [6.45, 7) is 5.57. The van der Waals surface area contributed by atoms with Gasteiger partial charge in [0.15, 0.2) is 0 Å². The van der Waals surface area contributed by atoms with E-state index in [0.717, 1.165) is 44.9 Å². The molecule has 1 fully saturated rings. The van der Waals surface area contributed by atoms with Gasteiger partial charge in [0.1, 0.15) is 6.10 Å². The van der Waals surface area contributed by atoms with E-state index in [9.17, 15) is 9.59 Å². The van der Waals surface area contributed by atoms with Crippen LogP contribution in [-0.4, -0.2) is 50.2 Å². The summed E-state index contributed by atoms with van der Waals surface area (Å²) in [4.78, 5) is 26.9. The number of carbonyl (C=O) groups excluding carboxylic acids is 2. The van der Waals surface area contributed by atoms with Gasteiger partial charge in [0, 0.05) is 18.9 Å². The molecule has 0 amide bonds. The van der Waals surface area contributed by atoms with Gasteiger partial charge in [-0.05, 0) is 84.2 Å². The molecule has 0 spiro atoms. The second-order valence-corrected chi connectivity index (χ2v) is 11.7. The van der Waals surface area contributed by atoms with Gasteiger partial charge in [0.2, 0.25) is 0 Å². The van der Waals surface area contributed by atoms with Gasteiger partial charge < -0.3 is 14.4 Å². The molecule has 0 saturated heterocycles. The molecule has 40 heavy (non-hydrogen) atoms. The van der Waals surface area contributed by atoms with Crippen molar-refractivity contribution >= 4 is 11.9 Å². The van der Waals surface area contributed by atoms with Crippen molar-refractivity contribution in [2.24, 2.45) is 11.8 Å². The summed E-state index contributed by atoms with van der Waals surface area (Å²) < 4.78 is 11.4. The predicted molar refractivity (Wildman–Crippen MR) is 168 cm³/mol. The number of allylic oxidation sites excluding steroid dienone is 6. The molecule has 0 aromatic carbocycles. The molecule has 1 rings (SSSR count). The molecular weight excluding hydrogens is 498 g/mol. The number of rotatable bonds is 24. The molecule has 0 aliphatic heterocycles. The van der Waals surface area contributed by atoms with Crippen LogP contribution in [0.3, 0.4) is 0 Å². The monoisotopic (exact) mass is 559 g/mol. The molecule has 0 heterocycles. The summed E-state index contributed by atoms with van der Waals surface area (Å²) in [7, 11) is 3.91.